The van der Waals surface area contributed by atoms with Gasteiger partial charge in [-0.1, -0.05) is 11.3 Å². The molecule has 1 aromatic heterocycles. The third-order valence-electron chi connectivity index (χ3n) is 4.06. The van der Waals surface area contributed by atoms with Crippen LogP contribution in [-0.4, -0.2) is 46.8 Å². The third kappa shape index (κ3) is 4.02. The van der Waals surface area contributed by atoms with E-state index in [1.165, 1.54) is 11.3 Å². The number of rotatable bonds is 5. The first-order valence-corrected chi connectivity index (χ1v) is 9.27. The SMILES string of the molecule is O=C(Nc1nc2c(s1)CN(C(=O)CCCCl)CC2)C1CCCO1. The van der Waals surface area contributed by atoms with Crippen LogP contribution in [0.15, 0.2) is 0 Å². The van der Waals surface area contributed by atoms with Gasteiger partial charge >= 0.3 is 0 Å². The van der Waals surface area contributed by atoms with Gasteiger partial charge in [-0.3, -0.25) is 14.9 Å². The summed E-state index contributed by atoms with van der Waals surface area (Å²) in [6.45, 7) is 1.90. The van der Waals surface area contributed by atoms with Gasteiger partial charge in [0.15, 0.2) is 5.13 Å². The van der Waals surface area contributed by atoms with Gasteiger partial charge in [-0.15, -0.1) is 11.6 Å². The number of halogens is 1. The number of nitrogens with one attached hydrogen (secondary N) is 1. The second-order valence-corrected chi connectivity index (χ2v) is 7.20. The molecular formula is C15H20ClN3O3S. The Balaban J connectivity index is 1.59. The molecule has 0 radical (unpaired) electrons. The number of amides is 2. The zero-order valence-corrected chi connectivity index (χ0v) is 14.4. The summed E-state index contributed by atoms with van der Waals surface area (Å²) in [6.07, 6.45) is 3.25. The highest BCUT2D eigenvalue weighted by molar-refractivity contribution is 7.15. The van der Waals surface area contributed by atoms with Gasteiger partial charge < -0.3 is 9.64 Å². The lowest BCUT2D eigenvalue weighted by molar-refractivity contribution is -0.132. The number of anilines is 1. The molecule has 0 spiro atoms. The Morgan fingerprint density at radius 2 is 2.35 bits per heavy atom. The minimum Gasteiger partial charge on any atom is -0.368 e. The number of aromatic nitrogens is 1. The van der Waals surface area contributed by atoms with Crippen LogP contribution in [0.1, 0.15) is 36.3 Å². The van der Waals surface area contributed by atoms with E-state index in [1.807, 2.05) is 4.90 Å². The van der Waals surface area contributed by atoms with E-state index < -0.39 is 0 Å². The molecule has 6 nitrogen and oxygen atoms in total. The van der Waals surface area contributed by atoms with Gasteiger partial charge in [0.2, 0.25) is 5.91 Å². The molecule has 1 atom stereocenters. The predicted molar refractivity (Wildman–Crippen MR) is 88.8 cm³/mol. The van der Waals surface area contributed by atoms with E-state index in [9.17, 15) is 9.59 Å². The van der Waals surface area contributed by atoms with E-state index >= 15 is 0 Å². The number of carbonyl (C=O) groups excluding carboxylic acids is 2. The van der Waals surface area contributed by atoms with Gasteiger partial charge in [-0.05, 0) is 19.3 Å². The molecular weight excluding hydrogens is 338 g/mol. The fourth-order valence-corrected chi connectivity index (χ4v) is 3.97. The van der Waals surface area contributed by atoms with Crippen LogP contribution < -0.4 is 5.32 Å². The number of hydrogen-bond donors (Lipinski definition) is 1. The molecule has 0 bridgehead atoms. The molecule has 8 heteroatoms. The Morgan fingerprint density at radius 3 is 3.09 bits per heavy atom. The van der Waals surface area contributed by atoms with Gasteiger partial charge in [-0.2, -0.15) is 0 Å². The topological polar surface area (TPSA) is 71.5 Å². The van der Waals surface area contributed by atoms with E-state index in [0.29, 0.717) is 43.5 Å². The van der Waals surface area contributed by atoms with Crippen molar-refractivity contribution in [2.24, 2.45) is 0 Å². The van der Waals surface area contributed by atoms with Crippen LogP contribution in [0, 0.1) is 0 Å². The van der Waals surface area contributed by atoms with Gasteiger partial charge in [-0.25, -0.2) is 4.98 Å². The number of nitrogens with zero attached hydrogens (tertiary/aromatic N) is 2. The van der Waals surface area contributed by atoms with Crippen molar-refractivity contribution in [2.75, 3.05) is 24.3 Å². The van der Waals surface area contributed by atoms with Gasteiger partial charge in [0.1, 0.15) is 6.10 Å². The number of alkyl halides is 1. The van der Waals surface area contributed by atoms with E-state index in [-0.39, 0.29) is 17.9 Å². The first-order chi connectivity index (χ1) is 11.2. The van der Waals surface area contributed by atoms with Crippen LogP contribution in [-0.2, 0) is 27.3 Å². The van der Waals surface area contributed by atoms with Crippen molar-refractivity contribution in [1.82, 2.24) is 9.88 Å². The van der Waals surface area contributed by atoms with Gasteiger partial charge in [0, 0.05) is 36.8 Å². The van der Waals surface area contributed by atoms with E-state index in [0.717, 1.165) is 29.8 Å². The van der Waals surface area contributed by atoms with Crippen LogP contribution in [0.25, 0.3) is 0 Å². The summed E-state index contributed by atoms with van der Waals surface area (Å²) in [5.41, 5.74) is 0.985. The van der Waals surface area contributed by atoms with Crippen molar-refractivity contribution >= 4 is 39.9 Å². The Bertz CT molecular complexity index is 587. The minimum atomic E-state index is -0.357. The van der Waals surface area contributed by atoms with Crippen molar-refractivity contribution in [2.45, 2.75) is 44.8 Å². The lowest BCUT2D eigenvalue weighted by atomic mass is 10.1. The summed E-state index contributed by atoms with van der Waals surface area (Å²) >= 11 is 7.09. The summed E-state index contributed by atoms with van der Waals surface area (Å²) < 4.78 is 5.38. The van der Waals surface area contributed by atoms with Gasteiger partial charge in [0.05, 0.1) is 12.2 Å². The molecule has 0 saturated carbocycles. The maximum absolute atomic E-state index is 12.1. The summed E-state index contributed by atoms with van der Waals surface area (Å²) in [4.78, 5) is 31.6. The summed E-state index contributed by atoms with van der Waals surface area (Å²) in [6, 6.07) is 0. The van der Waals surface area contributed by atoms with Crippen LogP contribution in [0.5, 0.6) is 0 Å². The molecule has 2 amide bonds. The molecule has 1 unspecified atom stereocenters. The van der Waals surface area contributed by atoms with Crippen LogP contribution in [0.3, 0.4) is 0 Å². The zero-order chi connectivity index (χ0) is 16.2. The maximum Gasteiger partial charge on any atom is 0.255 e. The quantitative estimate of drug-likeness (QED) is 0.820. The number of carbonyl (C=O) groups is 2. The molecule has 3 rings (SSSR count). The Morgan fingerprint density at radius 1 is 1.48 bits per heavy atom. The van der Waals surface area contributed by atoms with Gasteiger partial charge in [0.25, 0.3) is 5.91 Å². The lowest BCUT2D eigenvalue weighted by Crippen LogP contribution is -2.35. The Kier molecular flexibility index (Phi) is 5.50. The van der Waals surface area contributed by atoms with E-state index in [1.54, 1.807) is 0 Å². The summed E-state index contributed by atoms with van der Waals surface area (Å²) in [5.74, 6) is 0.517. The molecule has 1 saturated heterocycles. The summed E-state index contributed by atoms with van der Waals surface area (Å²) in [7, 11) is 0. The normalized spacial score (nSPS) is 20.4. The molecule has 0 aliphatic carbocycles. The second-order valence-electron chi connectivity index (χ2n) is 5.74. The molecule has 3 heterocycles. The number of ether oxygens (including phenoxy) is 1. The van der Waals surface area contributed by atoms with Crippen molar-refractivity contribution in [1.29, 1.82) is 0 Å². The monoisotopic (exact) mass is 357 g/mol. The molecule has 1 aromatic rings. The second kappa shape index (κ2) is 7.59. The predicted octanol–water partition coefficient (Wildman–Crippen LogP) is 2.16. The average molecular weight is 358 g/mol. The van der Waals surface area contributed by atoms with Crippen molar-refractivity contribution in [3.05, 3.63) is 10.6 Å². The smallest absolute Gasteiger partial charge is 0.255 e. The zero-order valence-electron chi connectivity index (χ0n) is 12.8. The third-order valence-corrected chi connectivity index (χ3v) is 5.33. The van der Waals surface area contributed by atoms with E-state index in [4.69, 9.17) is 16.3 Å². The van der Waals surface area contributed by atoms with E-state index in [2.05, 4.69) is 10.3 Å². The first-order valence-electron chi connectivity index (χ1n) is 7.92. The van der Waals surface area contributed by atoms with Crippen molar-refractivity contribution < 1.29 is 14.3 Å². The fourth-order valence-electron chi connectivity index (χ4n) is 2.81. The number of fused-ring (bicyclic) bond motifs is 1. The largest absolute Gasteiger partial charge is 0.368 e. The maximum atomic E-state index is 12.1. The molecule has 1 N–H and O–H groups in total. The molecule has 126 valence electrons. The highest BCUT2D eigenvalue weighted by atomic mass is 35.5. The van der Waals surface area contributed by atoms with Crippen LogP contribution in [0.2, 0.25) is 0 Å². The number of thiazole rings is 1. The standard InChI is InChI=1S/C15H20ClN3O3S/c16-6-1-4-13(20)19-7-5-10-12(9-19)23-15(17-10)18-14(21)11-3-2-8-22-11/h11H,1-9H2,(H,17,18,21). The Labute approximate surface area is 144 Å². The fraction of sp³-hybridized carbons (Fsp3) is 0.667. The summed E-state index contributed by atoms with van der Waals surface area (Å²) in [5, 5.41) is 3.44. The van der Waals surface area contributed by atoms with Crippen LogP contribution in [0.4, 0.5) is 5.13 Å². The van der Waals surface area contributed by atoms with Crippen molar-refractivity contribution in [3.8, 4) is 0 Å². The Hall–Kier alpha value is -1.18. The average Bonchev–Trinajstić information content (AvgIpc) is 3.20. The first kappa shape index (κ1) is 16.7. The molecule has 2 aliphatic rings. The molecule has 23 heavy (non-hydrogen) atoms. The molecule has 0 aromatic carbocycles. The highest BCUT2D eigenvalue weighted by Crippen LogP contribution is 2.29. The number of hydrogen-bond acceptors (Lipinski definition) is 5. The van der Waals surface area contributed by atoms with Crippen molar-refractivity contribution in [3.63, 3.8) is 0 Å². The molecule has 1 fully saturated rings. The minimum absolute atomic E-state index is 0.122. The highest BCUT2D eigenvalue weighted by Gasteiger charge is 2.27. The van der Waals surface area contributed by atoms with Crippen LogP contribution >= 0.6 is 22.9 Å². The molecule has 2 aliphatic heterocycles. The lowest BCUT2D eigenvalue weighted by Gasteiger charge is -2.26.